The number of piperidine rings is 1. The third-order valence-corrected chi connectivity index (χ3v) is 5.72. The lowest BCUT2D eigenvalue weighted by Crippen LogP contribution is -2.50. The molecule has 98 valence electrons. The van der Waals surface area contributed by atoms with Crippen LogP contribution in [0.1, 0.15) is 32.1 Å². The highest BCUT2D eigenvalue weighted by Crippen LogP contribution is 2.23. The third-order valence-electron chi connectivity index (χ3n) is 3.56. The van der Waals surface area contributed by atoms with Crippen LogP contribution in [0, 0.1) is 0 Å². The molecule has 6 heteroatoms. The Balaban J connectivity index is 2.08. The van der Waals surface area contributed by atoms with Crippen LogP contribution in [0.5, 0.6) is 0 Å². The Kier molecular flexibility index (Phi) is 3.73. The molecule has 2 heterocycles. The van der Waals surface area contributed by atoms with Crippen molar-refractivity contribution in [2.45, 2.75) is 43.5 Å². The second-order valence-electron chi connectivity index (χ2n) is 4.93. The number of hydrogen-bond acceptors (Lipinski definition) is 4. The molecule has 0 spiro atoms. The minimum atomic E-state index is -3.26. The van der Waals surface area contributed by atoms with Gasteiger partial charge in [0.1, 0.15) is 5.25 Å². The number of likely N-dealkylation sites (tertiary alicyclic amines) is 1. The molecule has 0 saturated carbocycles. The average Bonchev–Trinajstić information content (AvgIpc) is 2.27. The van der Waals surface area contributed by atoms with Crippen LogP contribution in [-0.4, -0.2) is 54.5 Å². The lowest BCUT2D eigenvalue weighted by molar-refractivity contribution is -0.134. The number of hydrogen-bond donors (Lipinski definition) is 1. The van der Waals surface area contributed by atoms with Gasteiger partial charge in [0.2, 0.25) is 5.91 Å². The molecule has 2 aliphatic rings. The first-order valence-electron chi connectivity index (χ1n) is 6.19. The van der Waals surface area contributed by atoms with Gasteiger partial charge in [0.25, 0.3) is 0 Å². The number of carbonyl (C=O) groups is 1. The molecule has 2 atom stereocenters. The van der Waals surface area contributed by atoms with E-state index in [0.717, 1.165) is 12.8 Å². The van der Waals surface area contributed by atoms with Crippen LogP contribution in [-0.2, 0) is 14.6 Å². The largest absolute Gasteiger partial charge is 0.391 e. The van der Waals surface area contributed by atoms with Gasteiger partial charge in [-0.2, -0.15) is 0 Å². The molecule has 0 radical (unpaired) electrons. The standard InChI is InChI=1S/C11H19NO4S/c13-9-4-3-6-12(8-9)11(14)10-5-1-2-7-17(10,15)16/h9-10,13H,1-8H2. The lowest BCUT2D eigenvalue weighted by Gasteiger charge is -2.33. The van der Waals surface area contributed by atoms with Crippen LogP contribution in [0.4, 0.5) is 0 Å². The monoisotopic (exact) mass is 261 g/mol. The molecule has 0 aromatic rings. The van der Waals surface area contributed by atoms with Gasteiger partial charge in [0.05, 0.1) is 11.9 Å². The maximum Gasteiger partial charge on any atom is 0.240 e. The molecule has 2 aliphatic heterocycles. The summed E-state index contributed by atoms with van der Waals surface area (Å²) in [5.41, 5.74) is 0. The Bertz CT molecular complexity index is 392. The zero-order valence-corrected chi connectivity index (χ0v) is 10.7. The van der Waals surface area contributed by atoms with Crippen molar-refractivity contribution in [3.8, 4) is 0 Å². The van der Waals surface area contributed by atoms with Crippen LogP contribution in [0.3, 0.4) is 0 Å². The van der Waals surface area contributed by atoms with Crippen LogP contribution >= 0.6 is 0 Å². The van der Waals surface area contributed by atoms with Crippen molar-refractivity contribution in [1.82, 2.24) is 4.90 Å². The van der Waals surface area contributed by atoms with Gasteiger partial charge in [-0.1, -0.05) is 6.42 Å². The van der Waals surface area contributed by atoms with E-state index in [0.29, 0.717) is 25.8 Å². The van der Waals surface area contributed by atoms with E-state index in [2.05, 4.69) is 0 Å². The molecule has 0 aromatic carbocycles. The topological polar surface area (TPSA) is 74.7 Å². The van der Waals surface area contributed by atoms with E-state index >= 15 is 0 Å². The first kappa shape index (κ1) is 12.8. The Morgan fingerprint density at radius 3 is 2.59 bits per heavy atom. The molecule has 0 aliphatic carbocycles. The van der Waals surface area contributed by atoms with Crippen molar-refractivity contribution in [2.24, 2.45) is 0 Å². The molecular weight excluding hydrogens is 242 g/mol. The molecule has 2 unspecified atom stereocenters. The Labute approximate surface area is 102 Å². The van der Waals surface area contributed by atoms with Gasteiger partial charge in [-0.15, -0.1) is 0 Å². The summed E-state index contributed by atoms with van der Waals surface area (Å²) in [6, 6.07) is 0. The number of β-amino-alcohol motifs (C(OH)–C–C–N with tert-alkyl or cyclic N) is 1. The number of sulfone groups is 1. The fourth-order valence-corrected chi connectivity index (χ4v) is 4.46. The smallest absolute Gasteiger partial charge is 0.240 e. The lowest BCUT2D eigenvalue weighted by atomic mass is 10.1. The summed E-state index contributed by atoms with van der Waals surface area (Å²) in [4.78, 5) is 13.7. The van der Waals surface area contributed by atoms with E-state index in [-0.39, 0.29) is 18.2 Å². The zero-order chi connectivity index (χ0) is 12.5. The molecule has 2 fully saturated rings. The highest BCUT2D eigenvalue weighted by Gasteiger charge is 2.38. The second-order valence-corrected chi connectivity index (χ2v) is 7.23. The van der Waals surface area contributed by atoms with Crippen LogP contribution in [0.25, 0.3) is 0 Å². The molecular formula is C11H19NO4S. The number of aliphatic hydroxyl groups is 1. The van der Waals surface area contributed by atoms with E-state index in [4.69, 9.17) is 0 Å². The van der Waals surface area contributed by atoms with Gasteiger partial charge >= 0.3 is 0 Å². The van der Waals surface area contributed by atoms with E-state index in [1.54, 1.807) is 0 Å². The number of amides is 1. The fraction of sp³-hybridized carbons (Fsp3) is 0.909. The van der Waals surface area contributed by atoms with Gasteiger partial charge in [-0.3, -0.25) is 4.79 Å². The van der Waals surface area contributed by atoms with Gasteiger partial charge in [0.15, 0.2) is 9.84 Å². The van der Waals surface area contributed by atoms with Crippen molar-refractivity contribution in [3.63, 3.8) is 0 Å². The quantitative estimate of drug-likeness (QED) is 0.717. The molecule has 1 amide bonds. The van der Waals surface area contributed by atoms with Gasteiger partial charge in [0, 0.05) is 13.1 Å². The zero-order valence-electron chi connectivity index (χ0n) is 9.84. The number of nitrogens with zero attached hydrogens (tertiary/aromatic N) is 1. The van der Waals surface area contributed by atoms with Crippen LogP contribution < -0.4 is 0 Å². The number of aliphatic hydroxyl groups excluding tert-OH is 1. The van der Waals surface area contributed by atoms with Crippen LogP contribution in [0.2, 0.25) is 0 Å². The maximum absolute atomic E-state index is 12.1. The first-order chi connectivity index (χ1) is 8.00. The van der Waals surface area contributed by atoms with Crippen molar-refractivity contribution in [2.75, 3.05) is 18.8 Å². The summed E-state index contributed by atoms with van der Waals surface area (Å²) >= 11 is 0. The highest BCUT2D eigenvalue weighted by atomic mass is 32.2. The third kappa shape index (κ3) is 2.80. The highest BCUT2D eigenvalue weighted by molar-refractivity contribution is 7.92. The average molecular weight is 261 g/mol. The van der Waals surface area contributed by atoms with Crippen molar-refractivity contribution in [3.05, 3.63) is 0 Å². The summed E-state index contributed by atoms with van der Waals surface area (Å²) in [6.45, 7) is 0.854. The molecule has 0 aromatic heterocycles. The molecule has 2 saturated heterocycles. The summed E-state index contributed by atoms with van der Waals surface area (Å²) in [6.07, 6.45) is 2.84. The van der Waals surface area contributed by atoms with E-state index in [1.807, 2.05) is 0 Å². The minimum absolute atomic E-state index is 0.125. The Morgan fingerprint density at radius 1 is 1.18 bits per heavy atom. The van der Waals surface area contributed by atoms with Crippen molar-refractivity contribution < 1.29 is 18.3 Å². The van der Waals surface area contributed by atoms with Crippen LogP contribution in [0.15, 0.2) is 0 Å². The van der Waals surface area contributed by atoms with Crippen molar-refractivity contribution >= 4 is 15.7 Å². The second kappa shape index (κ2) is 4.94. The molecule has 5 nitrogen and oxygen atoms in total. The van der Waals surface area contributed by atoms with E-state index < -0.39 is 21.2 Å². The predicted molar refractivity (Wildman–Crippen MR) is 63.2 cm³/mol. The maximum atomic E-state index is 12.1. The van der Waals surface area contributed by atoms with Gasteiger partial charge < -0.3 is 10.0 Å². The minimum Gasteiger partial charge on any atom is -0.391 e. The number of carbonyl (C=O) groups excluding carboxylic acids is 1. The molecule has 2 rings (SSSR count). The summed E-state index contributed by atoms with van der Waals surface area (Å²) in [5, 5.41) is 8.65. The molecule has 0 bridgehead atoms. The predicted octanol–water partition coefficient (Wildman–Crippen LogP) is -0.0630. The van der Waals surface area contributed by atoms with E-state index in [9.17, 15) is 18.3 Å². The fourth-order valence-electron chi connectivity index (χ4n) is 2.59. The summed E-state index contributed by atoms with van der Waals surface area (Å²) < 4.78 is 23.7. The molecule has 17 heavy (non-hydrogen) atoms. The van der Waals surface area contributed by atoms with E-state index in [1.165, 1.54) is 4.90 Å². The Hall–Kier alpha value is -0.620. The summed E-state index contributed by atoms with van der Waals surface area (Å²) in [5.74, 6) is -0.178. The Morgan fingerprint density at radius 2 is 1.94 bits per heavy atom. The first-order valence-corrected chi connectivity index (χ1v) is 7.90. The number of rotatable bonds is 1. The summed E-state index contributed by atoms with van der Waals surface area (Å²) in [7, 11) is -3.26. The SMILES string of the molecule is O=C(C1CCCCS1(=O)=O)N1CCCC(O)C1. The molecule has 1 N–H and O–H groups in total. The van der Waals surface area contributed by atoms with Gasteiger partial charge in [-0.25, -0.2) is 8.42 Å². The van der Waals surface area contributed by atoms with Gasteiger partial charge in [-0.05, 0) is 25.7 Å². The normalized spacial score (nSPS) is 33.4. The van der Waals surface area contributed by atoms with Crippen molar-refractivity contribution in [1.29, 1.82) is 0 Å².